The SMILES string of the molecule is CCNC(C)c1ccc(OCC(=O)N(C)CC)cc1F. The van der Waals surface area contributed by atoms with Gasteiger partial charge in [0.05, 0.1) is 0 Å². The molecule has 0 saturated carbocycles. The van der Waals surface area contributed by atoms with E-state index in [1.165, 1.54) is 6.07 Å². The third kappa shape index (κ3) is 4.49. The predicted octanol–water partition coefficient (Wildman–Crippen LogP) is 2.35. The largest absolute Gasteiger partial charge is 0.484 e. The summed E-state index contributed by atoms with van der Waals surface area (Å²) in [5.41, 5.74) is 0.594. The molecule has 112 valence electrons. The monoisotopic (exact) mass is 282 g/mol. The van der Waals surface area contributed by atoms with Crippen molar-refractivity contribution in [1.29, 1.82) is 0 Å². The zero-order valence-corrected chi connectivity index (χ0v) is 12.6. The van der Waals surface area contributed by atoms with E-state index in [2.05, 4.69) is 5.32 Å². The van der Waals surface area contributed by atoms with Crippen LogP contribution in [-0.4, -0.2) is 37.6 Å². The molecule has 1 unspecified atom stereocenters. The summed E-state index contributed by atoms with van der Waals surface area (Å²) in [4.78, 5) is 13.1. The van der Waals surface area contributed by atoms with Gasteiger partial charge in [0.25, 0.3) is 5.91 Å². The van der Waals surface area contributed by atoms with Gasteiger partial charge in [-0.2, -0.15) is 0 Å². The molecule has 0 aromatic heterocycles. The molecular weight excluding hydrogens is 259 g/mol. The Balaban J connectivity index is 2.66. The molecule has 0 heterocycles. The standard InChI is InChI=1S/C15H23FN2O2/c1-5-17-11(3)13-8-7-12(9-14(13)16)20-10-15(19)18(4)6-2/h7-9,11,17H,5-6,10H2,1-4H3. The molecule has 1 aromatic rings. The van der Waals surface area contributed by atoms with Gasteiger partial charge in [0, 0.05) is 31.3 Å². The van der Waals surface area contributed by atoms with Crippen LogP contribution in [0.5, 0.6) is 5.75 Å². The minimum atomic E-state index is -0.327. The molecule has 0 radical (unpaired) electrons. The second-order valence-electron chi connectivity index (χ2n) is 4.66. The van der Waals surface area contributed by atoms with Gasteiger partial charge in [-0.1, -0.05) is 13.0 Å². The van der Waals surface area contributed by atoms with Crippen molar-refractivity contribution in [2.45, 2.75) is 26.8 Å². The van der Waals surface area contributed by atoms with E-state index in [1.807, 2.05) is 20.8 Å². The average Bonchev–Trinajstić information content (AvgIpc) is 2.44. The number of hydrogen-bond acceptors (Lipinski definition) is 3. The van der Waals surface area contributed by atoms with Crippen molar-refractivity contribution in [3.8, 4) is 5.75 Å². The molecule has 0 bridgehead atoms. The normalized spacial score (nSPS) is 12.1. The van der Waals surface area contributed by atoms with Crippen molar-refractivity contribution >= 4 is 5.91 Å². The molecule has 0 aliphatic rings. The lowest BCUT2D eigenvalue weighted by Gasteiger charge is -2.16. The second kappa shape index (κ2) is 7.85. The van der Waals surface area contributed by atoms with Gasteiger partial charge in [0.2, 0.25) is 0 Å². The lowest BCUT2D eigenvalue weighted by atomic mass is 10.1. The molecule has 1 atom stereocenters. The maximum atomic E-state index is 14.0. The molecule has 20 heavy (non-hydrogen) atoms. The highest BCUT2D eigenvalue weighted by Crippen LogP contribution is 2.21. The van der Waals surface area contributed by atoms with E-state index in [9.17, 15) is 9.18 Å². The summed E-state index contributed by atoms with van der Waals surface area (Å²) in [6.07, 6.45) is 0. The van der Waals surface area contributed by atoms with Gasteiger partial charge in [0.15, 0.2) is 6.61 Å². The molecule has 0 aliphatic carbocycles. The van der Waals surface area contributed by atoms with Crippen LogP contribution in [0.2, 0.25) is 0 Å². The molecule has 0 saturated heterocycles. The molecule has 5 heteroatoms. The number of ether oxygens (including phenoxy) is 1. The first-order valence-electron chi connectivity index (χ1n) is 6.89. The van der Waals surface area contributed by atoms with Crippen LogP contribution in [0.4, 0.5) is 4.39 Å². The maximum absolute atomic E-state index is 14.0. The van der Waals surface area contributed by atoms with Gasteiger partial charge in [0.1, 0.15) is 11.6 Å². The number of carbonyl (C=O) groups excluding carboxylic acids is 1. The van der Waals surface area contributed by atoms with Gasteiger partial charge in [-0.25, -0.2) is 4.39 Å². The molecule has 1 aromatic carbocycles. The lowest BCUT2D eigenvalue weighted by Crippen LogP contribution is -2.31. The van der Waals surface area contributed by atoms with Gasteiger partial charge in [-0.3, -0.25) is 4.79 Å². The number of benzene rings is 1. The smallest absolute Gasteiger partial charge is 0.260 e. The topological polar surface area (TPSA) is 41.6 Å². The van der Waals surface area contributed by atoms with Crippen LogP contribution in [-0.2, 0) is 4.79 Å². The lowest BCUT2D eigenvalue weighted by molar-refractivity contribution is -0.131. The second-order valence-corrected chi connectivity index (χ2v) is 4.66. The first-order chi connectivity index (χ1) is 9.49. The highest BCUT2D eigenvalue weighted by atomic mass is 19.1. The van der Waals surface area contributed by atoms with Crippen LogP contribution >= 0.6 is 0 Å². The molecular formula is C15H23FN2O2. The molecule has 0 fully saturated rings. The number of hydrogen-bond donors (Lipinski definition) is 1. The fourth-order valence-corrected chi connectivity index (χ4v) is 1.80. The summed E-state index contributed by atoms with van der Waals surface area (Å²) < 4.78 is 19.3. The Bertz CT molecular complexity index is 451. The Hall–Kier alpha value is -1.62. The zero-order chi connectivity index (χ0) is 15.1. The Labute approximate surface area is 119 Å². The van der Waals surface area contributed by atoms with Crippen molar-refractivity contribution in [3.63, 3.8) is 0 Å². The van der Waals surface area contributed by atoms with E-state index in [0.717, 1.165) is 6.54 Å². The first kappa shape index (κ1) is 16.4. The van der Waals surface area contributed by atoms with Gasteiger partial charge >= 0.3 is 0 Å². The minimum Gasteiger partial charge on any atom is -0.484 e. The Morgan fingerprint density at radius 2 is 2.15 bits per heavy atom. The average molecular weight is 282 g/mol. The zero-order valence-electron chi connectivity index (χ0n) is 12.6. The first-order valence-corrected chi connectivity index (χ1v) is 6.89. The maximum Gasteiger partial charge on any atom is 0.260 e. The van der Waals surface area contributed by atoms with E-state index in [4.69, 9.17) is 4.74 Å². The Morgan fingerprint density at radius 3 is 2.70 bits per heavy atom. The number of nitrogens with one attached hydrogen (secondary N) is 1. The van der Waals surface area contributed by atoms with Crippen molar-refractivity contribution in [1.82, 2.24) is 10.2 Å². The summed E-state index contributed by atoms with van der Waals surface area (Å²) in [6, 6.07) is 4.64. The number of rotatable bonds is 7. The summed E-state index contributed by atoms with van der Waals surface area (Å²) in [5.74, 6) is -0.0851. The number of halogens is 1. The minimum absolute atomic E-state index is 0.0538. The third-order valence-electron chi connectivity index (χ3n) is 3.21. The van der Waals surface area contributed by atoms with Gasteiger partial charge in [-0.05, 0) is 26.5 Å². The van der Waals surface area contributed by atoms with Crippen molar-refractivity contribution in [3.05, 3.63) is 29.6 Å². The fraction of sp³-hybridized carbons (Fsp3) is 0.533. The highest BCUT2D eigenvalue weighted by molar-refractivity contribution is 5.77. The summed E-state index contributed by atoms with van der Waals surface area (Å²) in [5, 5.41) is 3.15. The Morgan fingerprint density at radius 1 is 1.45 bits per heavy atom. The molecule has 1 N–H and O–H groups in total. The summed E-state index contributed by atoms with van der Waals surface area (Å²) in [6.45, 7) is 7.08. The van der Waals surface area contributed by atoms with E-state index in [0.29, 0.717) is 17.9 Å². The molecule has 4 nitrogen and oxygen atoms in total. The van der Waals surface area contributed by atoms with Crippen LogP contribution in [0.15, 0.2) is 18.2 Å². The van der Waals surface area contributed by atoms with Crippen LogP contribution in [0, 0.1) is 5.82 Å². The number of carbonyl (C=O) groups is 1. The van der Waals surface area contributed by atoms with Crippen LogP contribution in [0.25, 0.3) is 0 Å². The molecule has 1 rings (SSSR count). The van der Waals surface area contributed by atoms with E-state index in [1.54, 1.807) is 24.1 Å². The molecule has 0 aliphatic heterocycles. The van der Waals surface area contributed by atoms with Crippen LogP contribution in [0.1, 0.15) is 32.4 Å². The van der Waals surface area contributed by atoms with E-state index in [-0.39, 0.29) is 24.4 Å². The summed E-state index contributed by atoms with van der Waals surface area (Å²) in [7, 11) is 1.70. The molecule has 0 spiro atoms. The van der Waals surface area contributed by atoms with Crippen molar-refractivity contribution in [2.24, 2.45) is 0 Å². The number of likely N-dealkylation sites (N-methyl/N-ethyl adjacent to an activating group) is 1. The third-order valence-corrected chi connectivity index (χ3v) is 3.21. The van der Waals surface area contributed by atoms with Crippen molar-refractivity contribution in [2.75, 3.05) is 26.7 Å². The van der Waals surface area contributed by atoms with Crippen molar-refractivity contribution < 1.29 is 13.9 Å². The summed E-state index contributed by atoms with van der Waals surface area (Å²) >= 11 is 0. The van der Waals surface area contributed by atoms with Gasteiger partial charge in [-0.15, -0.1) is 0 Å². The highest BCUT2D eigenvalue weighted by Gasteiger charge is 2.12. The fourth-order valence-electron chi connectivity index (χ4n) is 1.80. The van der Waals surface area contributed by atoms with Crippen LogP contribution in [0.3, 0.4) is 0 Å². The molecule has 1 amide bonds. The van der Waals surface area contributed by atoms with Crippen LogP contribution < -0.4 is 10.1 Å². The predicted molar refractivity (Wildman–Crippen MR) is 77.3 cm³/mol. The van der Waals surface area contributed by atoms with E-state index >= 15 is 0 Å². The number of amides is 1. The van der Waals surface area contributed by atoms with Gasteiger partial charge < -0.3 is 15.0 Å². The Kier molecular flexibility index (Phi) is 6.45. The number of nitrogens with zero attached hydrogens (tertiary/aromatic N) is 1. The quantitative estimate of drug-likeness (QED) is 0.834. The van der Waals surface area contributed by atoms with E-state index < -0.39 is 0 Å².